The molecule has 0 saturated carbocycles. The van der Waals surface area contributed by atoms with Crippen molar-refractivity contribution in [2.45, 2.75) is 13.0 Å². The summed E-state index contributed by atoms with van der Waals surface area (Å²) in [5, 5.41) is 14.0. The number of halogens is 1. The normalized spacial score (nSPS) is 11.0. The molecule has 0 fully saturated rings. The highest BCUT2D eigenvalue weighted by Crippen LogP contribution is 2.20. The van der Waals surface area contributed by atoms with Gasteiger partial charge in [-0.3, -0.25) is 14.4 Å². The maximum atomic E-state index is 12.1. The third kappa shape index (κ3) is 5.83. The van der Waals surface area contributed by atoms with Crippen LogP contribution in [0.25, 0.3) is 0 Å². The van der Waals surface area contributed by atoms with Gasteiger partial charge in [-0.15, -0.1) is 0 Å². The summed E-state index contributed by atoms with van der Waals surface area (Å²) in [6.45, 7) is 1.03. The minimum Gasteiger partial charge on any atom is -0.451 e. The number of hydrogen-bond donors (Lipinski definition) is 2. The minimum absolute atomic E-state index is 0.198. The lowest BCUT2D eigenvalue weighted by Crippen LogP contribution is -2.35. The molecule has 0 aliphatic heterocycles. The first-order valence-electron chi connectivity index (χ1n) is 7.94. The Labute approximate surface area is 160 Å². The van der Waals surface area contributed by atoms with E-state index >= 15 is 0 Å². The van der Waals surface area contributed by atoms with E-state index in [-0.39, 0.29) is 17.1 Å². The molecule has 0 aliphatic carbocycles. The highest BCUT2D eigenvalue weighted by atomic mass is 35.5. The van der Waals surface area contributed by atoms with E-state index < -0.39 is 23.9 Å². The van der Waals surface area contributed by atoms with Crippen LogP contribution in [0.5, 0.6) is 0 Å². The van der Waals surface area contributed by atoms with Crippen LogP contribution in [0.2, 0.25) is 5.02 Å². The van der Waals surface area contributed by atoms with E-state index in [4.69, 9.17) is 21.6 Å². The van der Waals surface area contributed by atoms with Crippen LogP contribution >= 0.6 is 11.6 Å². The second-order valence-electron chi connectivity index (χ2n) is 5.48. The summed E-state index contributed by atoms with van der Waals surface area (Å²) in [7, 11) is 0. The van der Waals surface area contributed by atoms with Crippen LogP contribution in [0.4, 0.5) is 5.69 Å². The predicted molar refractivity (Wildman–Crippen MR) is 99.1 cm³/mol. The third-order valence-corrected chi connectivity index (χ3v) is 3.78. The van der Waals surface area contributed by atoms with Crippen LogP contribution in [-0.2, 0) is 14.3 Å². The van der Waals surface area contributed by atoms with Gasteiger partial charge in [0.2, 0.25) is 0 Å². The maximum absolute atomic E-state index is 12.1. The summed E-state index contributed by atoms with van der Waals surface area (Å²) < 4.78 is 4.99. The van der Waals surface area contributed by atoms with E-state index in [0.29, 0.717) is 11.3 Å². The predicted octanol–water partition coefficient (Wildman–Crippen LogP) is 2.51. The molecule has 0 radical (unpaired) electrons. The van der Waals surface area contributed by atoms with Gasteiger partial charge in [-0.05, 0) is 37.3 Å². The van der Waals surface area contributed by atoms with Gasteiger partial charge < -0.3 is 15.4 Å². The fourth-order valence-corrected chi connectivity index (χ4v) is 2.29. The zero-order chi connectivity index (χ0) is 19.8. The van der Waals surface area contributed by atoms with Gasteiger partial charge in [-0.2, -0.15) is 5.26 Å². The standard InChI is InChI=1S/C19H16ClN3O4/c1-12(18(25)23-15-8-7-14(10-21)16(20)9-15)27-17(24)11-22-19(26)13-5-3-2-4-6-13/h2-9,12H,11H2,1H3,(H,22,26)(H,23,25). The molecular formula is C19H16ClN3O4. The van der Waals surface area contributed by atoms with Crippen LogP contribution in [0.1, 0.15) is 22.8 Å². The van der Waals surface area contributed by atoms with Crippen molar-refractivity contribution in [2.24, 2.45) is 0 Å². The maximum Gasteiger partial charge on any atom is 0.326 e. The van der Waals surface area contributed by atoms with Crippen molar-refractivity contribution in [1.29, 1.82) is 5.26 Å². The number of rotatable bonds is 6. The van der Waals surface area contributed by atoms with E-state index in [1.165, 1.54) is 25.1 Å². The van der Waals surface area contributed by atoms with Crippen molar-refractivity contribution in [3.63, 3.8) is 0 Å². The Kier molecular flexibility index (Phi) is 6.92. The molecular weight excluding hydrogens is 370 g/mol. The molecule has 138 valence electrons. The van der Waals surface area contributed by atoms with Gasteiger partial charge in [0.1, 0.15) is 12.6 Å². The molecule has 0 aliphatic rings. The van der Waals surface area contributed by atoms with Crippen molar-refractivity contribution in [1.82, 2.24) is 5.32 Å². The molecule has 2 N–H and O–H groups in total. The van der Waals surface area contributed by atoms with Crippen molar-refractivity contribution in [3.05, 3.63) is 64.7 Å². The van der Waals surface area contributed by atoms with Crippen molar-refractivity contribution >= 4 is 35.1 Å². The number of benzene rings is 2. The lowest BCUT2D eigenvalue weighted by atomic mass is 10.2. The first-order chi connectivity index (χ1) is 12.9. The van der Waals surface area contributed by atoms with Crippen molar-refractivity contribution < 1.29 is 19.1 Å². The molecule has 0 heterocycles. The van der Waals surface area contributed by atoms with E-state index in [1.807, 2.05) is 6.07 Å². The molecule has 27 heavy (non-hydrogen) atoms. The molecule has 7 nitrogen and oxygen atoms in total. The first kappa shape index (κ1) is 19.9. The van der Waals surface area contributed by atoms with Gasteiger partial charge in [-0.1, -0.05) is 29.8 Å². The molecule has 2 rings (SSSR count). The summed E-state index contributed by atoms with van der Waals surface area (Å²) in [6.07, 6.45) is -1.08. The second kappa shape index (κ2) is 9.36. The minimum atomic E-state index is -1.08. The topological polar surface area (TPSA) is 108 Å². The quantitative estimate of drug-likeness (QED) is 0.743. The van der Waals surface area contributed by atoms with Crippen LogP contribution in [0.3, 0.4) is 0 Å². The lowest BCUT2D eigenvalue weighted by Gasteiger charge is -2.14. The number of amides is 2. The monoisotopic (exact) mass is 385 g/mol. The number of nitriles is 1. The number of hydrogen-bond acceptors (Lipinski definition) is 5. The van der Waals surface area contributed by atoms with Gasteiger partial charge >= 0.3 is 5.97 Å². The average Bonchev–Trinajstić information content (AvgIpc) is 2.66. The number of anilines is 1. The smallest absolute Gasteiger partial charge is 0.326 e. The van der Waals surface area contributed by atoms with E-state index in [9.17, 15) is 14.4 Å². The Morgan fingerprint density at radius 2 is 1.89 bits per heavy atom. The van der Waals surface area contributed by atoms with Crippen molar-refractivity contribution in [2.75, 3.05) is 11.9 Å². The van der Waals surface area contributed by atoms with Crippen LogP contribution in [0.15, 0.2) is 48.5 Å². The molecule has 0 spiro atoms. The van der Waals surface area contributed by atoms with Gasteiger partial charge in [0.25, 0.3) is 11.8 Å². The molecule has 0 bridgehead atoms. The van der Waals surface area contributed by atoms with E-state index in [1.54, 1.807) is 30.3 Å². The van der Waals surface area contributed by atoms with Gasteiger partial charge in [0.15, 0.2) is 6.10 Å². The molecule has 1 unspecified atom stereocenters. The summed E-state index contributed by atoms with van der Waals surface area (Å²) in [6, 6.07) is 14.7. The fraction of sp³-hybridized carbons (Fsp3) is 0.158. The Morgan fingerprint density at radius 3 is 2.52 bits per heavy atom. The number of carbonyl (C=O) groups is 3. The number of esters is 1. The summed E-state index contributed by atoms with van der Waals surface area (Å²) in [5.74, 6) is -1.74. The Hall–Kier alpha value is -3.37. The molecule has 0 saturated heterocycles. The van der Waals surface area contributed by atoms with Gasteiger partial charge in [0.05, 0.1) is 10.6 Å². The van der Waals surface area contributed by atoms with Crippen LogP contribution in [-0.4, -0.2) is 30.4 Å². The summed E-state index contributed by atoms with van der Waals surface area (Å²) in [5.41, 5.74) is 1.06. The molecule has 2 aromatic rings. The highest BCUT2D eigenvalue weighted by molar-refractivity contribution is 6.32. The zero-order valence-corrected chi connectivity index (χ0v) is 15.1. The van der Waals surface area contributed by atoms with Crippen molar-refractivity contribution in [3.8, 4) is 6.07 Å². The molecule has 2 aromatic carbocycles. The highest BCUT2D eigenvalue weighted by Gasteiger charge is 2.19. The zero-order valence-electron chi connectivity index (χ0n) is 14.4. The van der Waals surface area contributed by atoms with Crippen LogP contribution < -0.4 is 10.6 Å². The fourth-order valence-electron chi connectivity index (χ4n) is 2.06. The first-order valence-corrected chi connectivity index (χ1v) is 8.31. The molecule has 8 heteroatoms. The SMILES string of the molecule is CC(OC(=O)CNC(=O)c1ccccc1)C(=O)Nc1ccc(C#N)c(Cl)c1. The Balaban J connectivity index is 1.83. The Bertz CT molecular complexity index is 894. The summed E-state index contributed by atoms with van der Waals surface area (Å²) >= 11 is 5.90. The lowest BCUT2D eigenvalue weighted by molar-refractivity contribution is -0.152. The second-order valence-corrected chi connectivity index (χ2v) is 5.88. The van der Waals surface area contributed by atoms with Gasteiger partial charge in [-0.25, -0.2) is 0 Å². The summed E-state index contributed by atoms with van der Waals surface area (Å²) in [4.78, 5) is 35.8. The van der Waals surface area contributed by atoms with Crippen LogP contribution in [0, 0.1) is 11.3 Å². The largest absolute Gasteiger partial charge is 0.451 e. The number of nitrogens with one attached hydrogen (secondary N) is 2. The molecule has 2 amide bonds. The Morgan fingerprint density at radius 1 is 1.19 bits per heavy atom. The number of carbonyl (C=O) groups excluding carboxylic acids is 3. The number of nitrogens with zero attached hydrogens (tertiary/aromatic N) is 1. The average molecular weight is 386 g/mol. The van der Waals surface area contributed by atoms with Gasteiger partial charge in [0, 0.05) is 11.3 Å². The van der Waals surface area contributed by atoms with E-state index in [2.05, 4.69) is 10.6 Å². The van der Waals surface area contributed by atoms with E-state index in [0.717, 1.165) is 0 Å². The molecule has 1 atom stereocenters. The third-order valence-electron chi connectivity index (χ3n) is 3.46. The molecule has 0 aromatic heterocycles. The number of ether oxygens (including phenoxy) is 1.